The summed E-state index contributed by atoms with van der Waals surface area (Å²) >= 11 is 6.69. The third-order valence-electron chi connectivity index (χ3n) is 5.08. The molecule has 3 rings (SSSR count). The van der Waals surface area contributed by atoms with E-state index in [1.165, 1.54) is 22.2 Å². The van der Waals surface area contributed by atoms with E-state index in [4.69, 9.17) is 12.2 Å². The molecule has 0 atom stereocenters. The van der Waals surface area contributed by atoms with Crippen LogP contribution in [-0.4, -0.2) is 65.7 Å². The predicted octanol–water partition coefficient (Wildman–Crippen LogP) is 1.20. The lowest BCUT2D eigenvalue weighted by Gasteiger charge is -2.30. The van der Waals surface area contributed by atoms with Crippen molar-refractivity contribution in [1.82, 2.24) is 9.80 Å². The first-order valence-corrected chi connectivity index (χ1v) is 10.6. The average Bonchev–Trinajstić information content (AvgIpc) is 2.94. The molecule has 0 saturated carbocycles. The summed E-state index contributed by atoms with van der Waals surface area (Å²) in [5.74, 6) is 0.0101. The van der Waals surface area contributed by atoms with Crippen molar-refractivity contribution in [3.8, 4) is 0 Å². The summed E-state index contributed by atoms with van der Waals surface area (Å²) < 4.78 is 0.534. The largest absolute Gasteiger partial charge is 0.334 e. The Balaban J connectivity index is 1.58. The lowest BCUT2D eigenvalue weighted by Crippen LogP contribution is -3.12. The molecule has 0 spiro atoms. The fourth-order valence-electron chi connectivity index (χ4n) is 3.20. The molecule has 0 radical (unpaired) electrons. The van der Waals surface area contributed by atoms with Crippen LogP contribution in [0.2, 0.25) is 0 Å². The zero-order valence-electron chi connectivity index (χ0n) is 15.9. The zero-order chi connectivity index (χ0) is 19.4. The lowest BCUT2D eigenvalue weighted by molar-refractivity contribution is -0.883. The SMILES string of the molecule is CCc1ccc(/C=C2\SC(=S)N(CCC(=O)N3CC[NH+](C)CC3)C2=O)cc1. The fourth-order valence-corrected chi connectivity index (χ4v) is 4.51. The van der Waals surface area contributed by atoms with E-state index >= 15 is 0 Å². The van der Waals surface area contributed by atoms with Gasteiger partial charge in [0.2, 0.25) is 5.91 Å². The van der Waals surface area contributed by atoms with Crippen LogP contribution in [0.15, 0.2) is 29.2 Å². The summed E-state index contributed by atoms with van der Waals surface area (Å²) in [6.45, 7) is 6.01. The van der Waals surface area contributed by atoms with Crippen molar-refractivity contribution in [1.29, 1.82) is 0 Å². The van der Waals surface area contributed by atoms with E-state index in [0.717, 1.165) is 38.2 Å². The smallest absolute Gasteiger partial charge is 0.266 e. The number of quaternary nitrogens is 1. The molecular formula is C20H26N3O2S2+. The Hall–Kier alpha value is -1.70. The van der Waals surface area contributed by atoms with E-state index in [9.17, 15) is 9.59 Å². The van der Waals surface area contributed by atoms with E-state index < -0.39 is 0 Å². The number of nitrogens with zero attached hydrogens (tertiary/aromatic N) is 2. The minimum absolute atomic E-state index is 0.0970. The van der Waals surface area contributed by atoms with Gasteiger partial charge in [-0.2, -0.15) is 0 Å². The van der Waals surface area contributed by atoms with Crippen LogP contribution in [0.5, 0.6) is 0 Å². The Morgan fingerprint density at radius 1 is 1.26 bits per heavy atom. The molecule has 27 heavy (non-hydrogen) atoms. The van der Waals surface area contributed by atoms with Gasteiger partial charge in [-0.3, -0.25) is 14.5 Å². The number of piperazine rings is 1. The molecule has 2 saturated heterocycles. The molecule has 0 aromatic heterocycles. The molecule has 1 aromatic carbocycles. The number of hydrogen-bond donors (Lipinski definition) is 1. The molecule has 2 fully saturated rings. The summed E-state index contributed by atoms with van der Waals surface area (Å²) in [5, 5.41) is 0. The van der Waals surface area contributed by atoms with Crippen molar-refractivity contribution in [2.45, 2.75) is 19.8 Å². The summed E-state index contributed by atoms with van der Waals surface area (Å²) in [5.41, 5.74) is 2.26. The highest BCUT2D eigenvalue weighted by Gasteiger charge is 2.32. The fraction of sp³-hybridized carbons (Fsp3) is 0.450. The molecule has 0 bridgehead atoms. The normalized spacial score (nSPS) is 20.0. The molecule has 2 amide bonds. The third-order valence-corrected chi connectivity index (χ3v) is 6.46. The first kappa shape index (κ1) is 20.0. The van der Waals surface area contributed by atoms with Gasteiger partial charge in [0.25, 0.3) is 5.91 Å². The Morgan fingerprint density at radius 2 is 1.93 bits per heavy atom. The molecule has 2 heterocycles. The molecular weight excluding hydrogens is 378 g/mol. The van der Waals surface area contributed by atoms with Gasteiger partial charge in [0, 0.05) is 13.0 Å². The number of hydrogen-bond acceptors (Lipinski definition) is 4. The number of thiocarbonyl (C=S) groups is 1. The van der Waals surface area contributed by atoms with E-state index in [2.05, 4.69) is 26.1 Å². The van der Waals surface area contributed by atoms with Gasteiger partial charge in [0.05, 0.1) is 38.1 Å². The van der Waals surface area contributed by atoms with Gasteiger partial charge < -0.3 is 9.80 Å². The number of rotatable bonds is 5. The first-order chi connectivity index (χ1) is 13.0. The van der Waals surface area contributed by atoms with Gasteiger partial charge in [-0.15, -0.1) is 0 Å². The van der Waals surface area contributed by atoms with Gasteiger partial charge in [-0.05, 0) is 23.6 Å². The standard InChI is InChI=1S/C20H25N3O2S2/c1-3-15-4-6-16(7-5-15)14-17-19(25)23(20(26)27-17)9-8-18(24)22-12-10-21(2)11-13-22/h4-7,14H,3,8-13H2,1-2H3/p+1/b17-14-. The molecule has 5 nitrogen and oxygen atoms in total. The predicted molar refractivity (Wildman–Crippen MR) is 114 cm³/mol. The Labute approximate surface area is 170 Å². The Morgan fingerprint density at radius 3 is 2.56 bits per heavy atom. The van der Waals surface area contributed by atoms with E-state index in [1.807, 2.05) is 23.1 Å². The van der Waals surface area contributed by atoms with Gasteiger partial charge in [-0.1, -0.05) is 55.2 Å². The van der Waals surface area contributed by atoms with E-state index in [1.54, 1.807) is 4.90 Å². The van der Waals surface area contributed by atoms with Crippen LogP contribution in [0.1, 0.15) is 24.5 Å². The van der Waals surface area contributed by atoms with Crippen LogP contribution in [0.4, 0.5) is 0 Å². The maximum absolute atomic E-state index is 12.7. The second kappa shape index (κ2) is 8.99. The number of benzene rings is 1. The quantitative estimate of drug-likeness (QED) is 0.592. The number of thioether (sulfide) groups is 1. The summed E-state index contributed by atoms with van der Waals surface area (Å²) in [4.78, 5) is 30.7. The maximum Gasteiger partial charge on any atom is 0.266 e. The van der Waals surface area contributed by atoms with E-state index in [0.29, 0.717) is 22.2 Å². The number of carbonyl (C=O) groups is 2. The van der Waals surface area contributed by atoms with Crippen LogP contribution < -0.4 is 4.90 Å². The van der Waals surface area contributed by atoms with Crippen molar-refractivity contribution in [2.24, 2.45) is 0 Å². The second-order valence-electron chi connectivity index (χ2n) is 7.02. The number of nitrogens with one attached hydrogen (secondary N) is 1. The highest BCUT2D eigenvalue weighted by molar-refractivity contribution is 8.26. The molecule has 0 aliphatic carbocycles. The molecule has 1 aromatic rings. The lowest BCUT2D eigenvalue weighted by atomic mass is 10.1. The van der Waals surface area contributed by atoms with Gasteiger partial charge >= 0.3 is 0 Å². The monoisotopic (exact) mass is 404 g/mol. The third kappa shape index (κ3) is 4.97. The van der Waals surface area contributed by atoms with Crippen molar-refractivity contribution in [2.75, 3.05) is 39.8 Å². The van der Waals surface area contributed by atoms with Crippen molar-refractivity contribution >= 4 is 46.2 Å². The van der Waals surface area contributed by atoms with E-state index in [-0.39, 0.29) is 11.8 Å². The van der Waals surface area contributed by atoms with Crippen LogP contribution in [0.3, 0.4) is 0 Å². The summed E-state index contributed by atoms with van der Waals surface area (Å²) in [6, 6.07) is 8.18. The van der Waals surface area contributed by atoms with Gasteiger partial charge in [0.1, 0.15) is 4.32 Å². The number of likely N-dealkylation sites (N-methyl/N-ethyl adjacent to an activating group) is 1. The highest BCUT2D eigenvalue weighted by atomic mass is 32.2. The van der Waals surface area contributed by atoms with Crippen LogP contribution in [-0.2, 0) is 16.0 Å². The minimum atomic E-state index is -0.0970. The van der Waals surface area contributed by atoms with Crippen molar-refractivity contribution < 1.29 is 14.5 Å². The molecule has 2 aliphatic rings. The summed E-state index contributed by atoms with van der Waals surface area (Å²) in [7, 11) is 2.14. The number of aryl methyl sites for hydroxylation is 1. The van der Waals surface area contributed by atoms with Crippen LogP contribution in [0.25, 0.3) is 6.08 Å². The molecule has 0 unspecified atom stereocenters. The summed E-state index contributed by atoms with van der Waals surface area (Å²) in [6.07, 6.45) is 3.19. The van der Waals surface area contributed by atoms with Crippen LogP contribution in [0, 0.1) is 0 Å². The van der Waals surface area contributed by atoms with Crippen molar-refractivity contribution in [3.05, 3.63) is 40.3 Å². The Kier molecular flexibility index (Phi) is 6.68. The minimum Gasteiger partial charge on any atom is -0.334 e. The van der Waals surface area contributed by atoms with Crippen molar-refractivity contribution in [3.63, 3.8) is 0 Å². The topological polar surface area (TPSA) is 45.1 Å². The Bertz CT molecular complexity index is 753. The van der Waals surface area contributed by atoms with Gasteiger partial charge in [-0.25, -0.2) is 0 Å². The molecule has 2 aliphatic heterocycles. The molecule has 1 N–H and O–H groups in total. The second-order valence-corrected chi connectivity index (χ2v) is 8.69. The number of carbonyl (C=O) groups excluding carboxylic acids is 2. The first-order valence-electron chi connectivity index (χ1n) is 9.41. The number of amides is 2. The molecule has 7 heteroatoms. The maximum atomic E-state index is 12.7. The molecule has 144 valence electrons. The highest BCUT2D eigenvalue weighted by Crippen LogP contribution is 2.32. The van der Waals surface area contributed by atoms with Crippen LogP contribution >= 0.6 is 24.0 Å². The zero-order valence-corrected chi connectivity index (χ0v) is 17.5. The average molecular weight is 405 g/mol. The van der Waals surface area contributed by atoms with Gasteiger partial charge in [0.15, 0.2) is 0 Å².